The summed E-state index contributed by atoms with van der Waals surface area (Å²) in [4.78, 5) is 13.4. The van der Waals surface area contributed by atoms with E-state index >= 15 is 0 Å². The maximum absolute atomic E-state index is 11.2. The van der Waals surface area contributed by atoms with Gasteiger partial charge in [0.25, 0.3) is 0 Å². The van der Waals surface area contributed by atoms with E-state index in [2.05, 4.69) is 4.90 Å². The van der Waals surface area contributed by atoms with Crippen molar-refractivity contribution < 1.29 is 24.1 Å². The van der Waals surface area contributed by atoms with Gasteiger partial charge < -0.3 is 24.2 Å². The van der Waals surface area contributed by atoms with E-state index < -0.39 is 12.1 Å². The summed E-state index contributed by atoms with van der Waals surface area (Å²) in [5.41, 5.74) is 1.92. The standard InChI is InChI=1S/C21H25NO5/c1-3-25-20(21(23)24)14-16-8-10-17(11-9-16)27-15(2)22-12-13-26-19-7-5-4-6-18(19)22/h4-11,15,20H,3,12-14H2,1-2H3,(H,23,24)/t15?,20-/m0/s1. The molecule has 2 atom stereocenters. The van der Waals surface area contributed by atoms with E-state index in [1.165, 1.54) is 0 Å². The first-order valence-electron chi connectivity index (χ1n) is 9.17. The number of carboxylic acid groups (broad SMARTS) is 1. The lowest BCUT2D eigenvalue weighted by Crippen LogP contribution is -2.42. The molecular weight excluding hydrogens is 346 g/mol. The molecule has 1 N–H and O–H groups in total. The van der Waals surface area contributed by atoms with Crippen LogP contribution in [0, 0.1) is 0 Å². The molecule has 6 heteroatoms. The lowest BCUT2D eigenvalue weighted by molar-refractivity contribution is -0.149. The van der Waals surface area contributed by atoms with E-state index in [1.807, 2.05) is 55.5 Å². The normalized spacial score (nSPS) is 15.4. The molecule has 0 spiro atoms. The van der Waals surface area contributed by atoms with Gasteiger partial charge in [-0.3, -0.25) is 0 Å². The molecule has 1 aliphatic rings. The smallest absolute Gasteiger partial charge is 0.333 e. The Morgan fingerprint density at radius 1 is 1.22 bits per heavy atom. The van der Waals surface area contributed by atoms with E-state index in [0.717, 1.165) is 29.3 Å². The molecule has 0 aromatic heterocycles. The van der Waals surface area contributed by atoms with Crippen LogP contribution >= 0.6 is 0 Å². The third-order valence-corrected chi connectivity index (χ3v) is 4.50. The van der Waals surface area contributed by atoms with Crippen molar-refractivity contribution in [1.29, 1.82) is 0 Å². The van der Waals surface area contributed by atoms with Crippen molar-refractivity contribution in [3.63, 3.8) is 0 Å². The average Bonchev–Trinajstić information content (AvgIpc) is 2.68. The van der Waals surface area contributed by atoms with Gasteiger partial charge in [-0.25, -0.2) is 4.79 Å². The van der Waals surface area contributed by atoms with Crippen molar-refractivity contribution >= 4 is 11.7 Å². The predicted molar refractivity (Wildman–Crippen MR) is 103 cm³/mol. The summed E-state index contributed by atoms with van der Waals surface area (Å²) in [5, 5.41) is 9.20. The zero-order chi connectivity index (χ0) is 19.2. The summed E-state index contributed by atoms with van der Waals surface area (Å²) in [6.45, 7) is 5.54. The first kappa shape index (κ1) is 19.0. The van der Waals surface area contributed by atoms with Gasteiger partial charge in [0.15, 0.2) is 12.3 Å². The highest BCUT2D eigenvalue weighted by molar-refractivity contribution is 5.72. The number of ether oxygens (including phenoxy) is 3. The summed E-state index contributed by atoms with van der Waals surface area (Å²) >= 11 is 0. The average molecular weight is 371 g/mol. The second kappa shape index (κ2) is 8.77. The number of rotatable bonds is 8. The van der Waals surface area contributed by atoms with Crippen LogP contribution in [-0.2, 0) is 16.0 Å². The van der Waals surface area contributed by atoms with Crippen molar-refractivity contribution in [1.82, 2.24) is 0 Å². The fraction of sp³-hybridized carbons (Fsp3) is 0.381. The molecule has 1 unspecified atom stereocenters. The predicted octanol–water partition coefficient (Wildman–Crippen LogP) is 3.34. The second-order valence-corrected chi connectivity index (χ2v) is 6.36. The molecule has 0 saturated heterocycles. The Morgan fingerprint density at radius 2 is 1.96 bits per heavy atom. The largest absolute Gasteiger partial charge is 0.490 e. The van der Waals surface area contributed by atoms with Crippen molar-refractivity contribution in [3.05, 3.63) is 54.1 Å². The molecular formula is C21H25NO5. The maximum Gasteiger partial charge on any atom is 0.333 e. The number of nitrogens with zero attached hydrogens (tertiary/aromatic N) is 1. The molecule has 0 amide bonds. The fourth-order valence-corrected chi connectivity index (χ4v) is 3.17. The number of fused-ring (bicyclic) bond motifs is 1. The van der Waals surface area contributed by atoms with E-state index in [-0.39, 0.29) is 6.23 Å². The molecule has 0 radical (unpaired) electrons. The van der Waals surface area contributed by atoms with Crippen molar-refractivity contribution in [2.45, 2.75) is 32.6 Å². The minimum atomic E-state index is -0.947. The van der Waals surface area contributed by atoms with Crippen LogP contribution in [0.25, 0.3) is 0 Å². The first-order valence-corrected chi connectivity index (χ1v) is 9.17. The van der Waals surface area contributed by atoms with Crippen molar-refractivity contribution in [3.8, 4) is 11.5 Å². The minimum absolute atomic E-state index is 0.156. The molecule has 2 aromatic carbocycles. The first-order chi connectivity index (χ1) is 13.1. The maximum atomic E-state index is 11.2. The second-order valence-electron chi connectivity index (χ2n) is 6.36. The van der Waals surface area contributed by atoms with Crippen LogP contribution in [0.15, 0.2) is 48.5 Å². The number of hydrogen-bond donors (Lipinski definition) is 1. The molecule has 0 fully saturated rings. The molecule has 6 nitrogen and oxygen atoms in total. The highest BCUT2D eigenvalue weighted by Crippen LogP contribution is 2.32. The Kier molecular flexibility index (Phi) is 6.19. The van der Waals surface area contributed by atoms with E-state index in [4.69, 9.17) is 14.2 Å². The van der Waals surface area contributed by atoms with Gasteiger partial charge in [0.05, 0.1) is 12.2 Å². The molecule has 144 valence electrons. The monoisotopic (exact) mass is 371 g/mol. The Labute approximate surface area is 159 Å². The van der Waals surface area contributed by atoms with Gasteiger partial charge in [-0.2, -0.15) is 0 Å². The number of para-hydroxylation sites is 2. The quantitative estimate of drug-likeness (QED) is 0.768. The number of anilines is 1. The van der Waals surface area contributed by atoms with Crippen LogP contribution in [-0.4, -0.2) is 43.2 Å². The highest BCUT2D eigenvalue weighted by atomic mass is 16.5. The number of aliphatic carboxylic acids is 1. The van der Waals surface area contributed by atoms with E-state index in [0.29, 0.717) is 19.6 Å². The lowest BCUT2D eigenvalue weighted by Gasteiger charge is -2.35. The summed E-state index contributed by atoms with van der Waals surface area (Å²) in [6.07, 6.45) is -0.655. The van der Waals surface area contributed by atoms with Crippen LogP contribution in [0.3, 0.4) is 0 Å². The lowest BCUT2D eigenvalue weighted by atomic mass is 10.1. The third-order valence-electron chi connectivity index (χ3n) is 4.50. The Bertz CT molecular complexity index is 761. The number of benzene rings is 2. The van der Waals surface area contributed by atoms with Gasteiger partial charge >= 0.3 is 5.97 Å². The Morgan fingerprint density at radius 3 is 2.67 bits per heavy atom. The van der Waals surface area contributed by atoms with Gasteiger partial charge in [-0.05, 0) is 43.7 Å². The van der Waals surface area contributed by atoms with Gasteiger partial charge in [-0.15, -0.1) is 0 Å². The SMILES string of the molecule is CCO[C@@H](Cc1ccc(OC(C)N2CCOc3ccccc32)cc1)C(=O)O. The summed E-state index contributed by atoms with van der Waals surface area (Å²) in [7, 11) is 0. The number of hydrogen-bond acceptors (Lipinski definition) is 5. The molecule has 0 aliphatic carbocycles. The summed E-state index contributed by atoms with van der Waals surface area (Å²) in [5.74, 6) is 0.653. The van der Waals surface area contributed by atoms with Crippen molar-refractivity contribution in [2.24, 2.45) is 0 Å². The topological polar surface area (TPSA) is 68.2 Å². The molecule has 1 heterocycles. The molecule has 0 saturated carbocycles. The molecule has 0 bridgehead atoms. The number of carboxylic acids is 1. The van der Waals surface area contributed by atoms with Crippen LogP contribution in [0.1, 0.15) is 19.4 Å². The minimum Gasteiger partial charge on any atom is -0.490 e. The molecule has 3 rings (SSSR count). The van der Waals surface area contributed by atoms with E-state index in [9.17, 15) is 9.90 Å². The Hall–Kier alpha value is -2.73. The molecule has 1 aliphatic heterocycles. The molecule has 2 aromatic rings. The van der Waals surface area contributed by atoms with E-state index in [1.54, 1.807) is 6.92 Å². The van der Waals surface area contributed by atoms with Crippen LogP contribution in [0.4, 0.5) is 5.69 Å². The van der Waals surface area contributed by atoms with Crippen LogP contribution < -0.4 is 14.4 Å². The Balaban J connectivity index is 1.64. The third kappa shape index (κ3) is 4.71. The fourth-order valence-electron chi connectivity index (χ4n) is 3.17. The zero-order valence-corrected chi connectivity index (χ0v) is 15.6. The molecule has 27 heavy (non-hydrogen) atoms. The van der Waals surface area contributed by atoms with Crippen LogP contribution in [0.2, 0.25) is 0 Å². The van der Waals surface area contributed by atoms with Gasteiger partial charge in [0, 0.05) is 13.0 Å². The van der Waals surface area contributed by atoms with Crippen molar-refractivity contribution in [2.75, 3.05) is 24.7 Å². The van der Waals surface area contributed by atoms with Gasteiger partial charge in [0.1, 0.15) is 18.1 Å². The van der Waals surface area contributed by atoms with Crippen LogP contribution in [0.5, 0.6) is 11.5 Å². The van der Waals surface area contributed by atoms with Gasteiger partial charge in [0.2, 0.25) is 0 Å². The number of carbonyl (C=O) groups is 1. The van der Waals surface area contributed by atoms with Gasteiger partial charge in [-0.1, -0.05) is 24.3 Å². The zero-order valence-electron chi connectivity index (χ0n) is 15.6. The highest BCUT2D eigenvalue weighted by Gasteiger charge is 2.23. The summed E-state index contributed by atoms with van der Waals surface area (Å²) in [6, 6.07) is 15.4. The summed E-state index contributed by atoms with van der Waals surface area (Å²) < 4.78 is 17.0.